The number of aliphatic imine (C=N–C) groups is 1. The fourth-order valence-corrected chi connectivity index (χ4v) is 2.54. The molecule has 0 aliphatic heterocycles. The topological polar surface area (TPSA) is 73.3 Å². The van der Waals surface area contributed by atoms with E-state index in [9.17, 15) is 0 Å². The zero-order valence-corrected chi connectivity index (χ0v) is 17.0. The molecule has 0 spiro atoms. The lowest BCUT2D eigenvalue weighted by Crippen LogP contribution is -2.37. The second-order valence-corrected chi connectivity index (χ2v) is 5.91. The van der Waals surface area contributed by atoms with Gasteiger partial charge in [-0.3, -0.25) is 4.99 Å². The minimum Gasteiger partial charge on any atom is -0.497 e. The average molecular weight is 387 g/mol. The van der Waals surface area contributed by atoms with Crippen LogP contribution in [-0.2, 0) is 6.54 Å². The molecule has 0 aliphatic carbocycles. The van der Waals surface area contributed by atoms with Gasteiger partial charge in [-0.25, -0.2) is 0 Å². The molecule has 0 aromatic heterocycles. The quantitative estimate of drug-likeness (QED) is 0.371. The molecule has 152 valence electrons. The maximum Gasteiger partial charge on any atom is 0.191 e. The standard InChI is InChI=1S/C21H29N3O4/c1-22-21(24-15-16-6-7-19(26-3)14-20(16)27-4)23-12-5-13-28-18-10-8-17(25-2)9-11-18/h6-11,14H,5,12-13,15H2,1-4H3,(H2,22,23,24). The zero-order chi connectivity index (χ0) is 20.2. The molecule has 2 aromatic carbocycles. The molecule has 28 heavy (non-hydrogen) atoms. The number of rotatable bonds is 10. The van der Waals surface area contributed by atoms with Crippen molar-refractivity contribution in [1.82, 2.24) is 10.6 Å². The molecule has 0 bridgehead atoms. The summed E-state index contributed by atoms with van der Waals surface area (Å²) in [7, 11) is 6.67. The molecule has 0 radical (unpaired) electrons. The van der Waals surface area contributed by atoms with E-state index < -0.39 is 0 Å². The molecule has 0 atom stereocenters. The van der Waals surface area contributed by atoms with Crippen LogP contribution in [-0.4, -0.2) is 47.5 Å². The van der Waals surface area contributed by atoms with E-state index in [4.69, 9.17) is 18.9 Å². The van der Waals surface area contributed by atoms with Gasteiger partial charge in [0.25, 0.3) is 0 Å². The molecule has 0 heterocycles. The van der Waals surface area contributed by atoms with Gasteiger partial charge in [0.05, 0.1) is 27.9 Å². The van der Waals surface area contributed by atoms with Crippen LogP contribution in [0.3, 0.4) is 0 Å². The summed E-state index contributed by atoms with van der Waals surface area (Å²) in [6.07, 6.45) is 0.846. The van der Waals surface area contributed by atoms with Gasteiger partial charge in [0.15, 0.2) is 5.96 Å². The number of hydrogen-bond acceptors (Lipinski definition) is 5. The SMILES string of the molecule is CN=C(NCCCOc1ccc(OC)cc1)NCc1ccc(OC)cc1OC. The van der Waals surface area contributed by atoms with E-state index in [2.05, 4.69) is 15.6 Å². The summed E-state index contributed by atoms with van der Waals surface area (Å²) < 4.78 is 21.5. The number of guanidine groups is 1. The van der Waals surface area contributed by atoms with E-state index in [1.807, 2.05) is 42.5 Å². The molecular weight excluding hydrogens is 358 g/mol. The molecule has 2 rings (SSSR count). The van der Waals surface area contributed by atoms with Crippen LogP contribution < -0.4 is 29.6 Å². The Balaban J connectivity index is 1.71. The number of nitrogens with zero attached hydrogens (tertiary/aromatic N) is 1. The van der Waals surface area contributed by atoms with E-state index in [0.717, 1.165) is 47.5 Å². The van der Waals surface area contributed by atoms with Crippen molar-refractivity contribution in [2.45, 2.75) is 13.0 Å². The predicted molar refractivity (Wildman–Crippen MR) is 111 cm³/mol. The van der Waals surface area contributed by atoms with Crippen molar-refractivity contribution in [3.63, 3.8) is 0 Å². The monoisotopic (exact) mass is 387 g/mol. The molecule has 0 amide bonds. The third kappa shape index (κ3) is 6.57. The molecule has 2 aromatic rings. The van der Waals surface area contributed by atoms with Gasteiger partial charge in [0.1, 0.15) is 23.0 Å². The summed E-state index contributed by atoms with van der Waals surface area (Å²) in [6.45, 7) is 1.95. The van der Waals surface area contributed by atoms with E-state index in [1.165, 1.54) is 0 Å². The minimum atomic E-state index is 0.592. The van der Waals surface area contributed by atoms with Crippen molar-refractivity contribution in [1.29, 1.82) is 0 Å². The third-order valence-electron chi connectivity index (χ3n) is 4.11. The Morgan fingerprint density at radius 3 is 2.18 bits per heavy atom. The van der Waals surface area contributed by atoms with Gasteiger partial charge in [-0.2, -0.15) is 0 Å². The highest BCUT2D eigenvalue weighted by atomic mass is 16.5. The van der Waals surface area contributed by atoms with Crippen LogP contribution in [0.25, 0.3) is 0 Å². The number of methoxy groups -OCH3 is 3. The first kappa shape index (κ1) is 21.2. The van der Waals surface area contributed by atoms with Gasteiger partial charge in [0, 0.05) is 31.8 Å². The number of ether oxygens (including phenoxy) is 4. The summed E-state index contributed by atoms with van der Waals surface area (Å²) >= 11 is 0. The van der Waals surface area contributed by atoms with Gasteiger partial charge >= 0.3 is 0 Å². The Morgan fingerprint density at radius 2 is 1.54 bits per heavy atom. The molecule has 0 saturated heterocycles. The molecular formula is C21H29N3O4. The highest BCUT2D eigenvalue weighted by Crippen LogP contribution is 2.24. The smallest absolute Gasteiger partial charge is 0.191 e. The van der Waals surface area contributed by atoms with Crippen molar-refractivity contribution < 1.29 is 18.9 Å². The second kappa shape index (κ2) is 11.6. The molecule has 0 saturated carbocycles. The Bertz CT molecular complexity index is 748. The summed E-state index contributed by atoms with van der Waals surface area (Å²) in [5.41, 5.74) is 1.02. The van der Waals surface area contributed by atoms with Crippen LogP contribution >= 0.6 is 0 Å². The molecule has 2 N–H and O–H groups in total. The van der Waals surface area contributed by atoms with Crippen LogP contribution in [0.4, 0.5) is 0 Å². The van der Waals surface area contributed by atoms with Crippen LogP contribution in [0.5, 0.6) is 23.0 Å². The normalized spacial score (nSPS) is 10.9. The Labute approximate surface area is 166 Å². The van der Waals surface area contributed by atoms with Gasteiger partial charge in [0.2, 0.25) is 0 Å². The fraction of sp³-hybridized carbons (Fsp3) is 0.381. The predicted octanol–water partition coefficient (Wildman–Crippen LogP) is 2.85. The Kier molecular flexibility index (Phi) is 8.78. The summed E-state index contributed by atoms with van der Waals surface area (Å²) in [5.74, 6) is 3.91. The molecule has 0 fully saturated rings. The molecule has 0 aliphatic rings. The third-order valence-corrected chi connectivity index (χ3v) is 4.11. The maximum absolute atomic E-state index is 5.72. The largest absolute Gasteiger partial charge is 0.497 e. The van der Waals surface area contributed by atoms with Gasteiger partial charge in [-0.1, -0.05) is 0 Å². The molecule has 7 nitrogen and oxygen atoms in total. The number of hydrogen-bond donors (Lipinski definition) is 2. The van der Waals surface area contributed by atoms with Crippen LogP contribution in [0.1, 0.15) is 12.0 Å². The van der Waals surface area contributed by atoms with E-state index in [0.29, 0.717) is 13.2 Å². The Morgan fingerprint density at radius 1 is 0.857 bits per heavy atom. The highest BCUT2D eigenvalue weighted by molar-refractivity contribution is 5.79. The van der Waals surface area contributed by atoms with Gasteiger partial charge < -0.3 is 29.6 Å². The van der Waals surface area contributed by atoms with Crippen molar-refractivity contribution in [2.75, 3.05) is 41.5 Å². The van der Waals surface area contributed by atoms with Crippen molar-refractivity contribution >= 4 is 5.96 Å². The summed E-state index contributed by atoms with van der Waals surface area (Å²) in [6, 6.07) is 13.3. The van der Waals surface area contributed by atoms with Crippen molar-refractivity contribution in [3.05, 3.63) is 48.0 Å². The van der Waals surface area contributed by atoms with Crippen LogP contribution in [0.2, 0.25) is 0 Å². The van der Waals surface area contributed by atoms with Gasteiger partial charge in [-0.05, 0) is 42.8 Å². The maximum atomic E-state index is 5.72. The first-order valence-electron chi connectivity index (χ1n) is 9.12. The lowest BCUT2D eigenvalue weighted by atomic mass is 10.2. The molecule has 0 unspecified atom stereocenters. The first-order valence-corrected chi connectivity index (χ1v) is 9.12. The van der Waals surface area contributed by atoms with Gasteiger partial charge in [-0.15, -0.1) is 0 Å². The van der Waals surface area contributed by atoms with Crippen LogP contribution in [0, 0.1) is 0 Å². The van der Waals surface area contributed by atoms with E-state index in [-0.39, 0.29) is 0 Å². The fourth-order valence-electron chi connectivity index (χ4n) is 2.54. The van der Waals surface area contributed by atoms with Crippen molar-refractivity contribution in [3.8, 4) is 23.0 Å². The van der Waals surface area contributed by atoms with E-state index >= 15 is 0 Å². The molecule has 7 heteroatoms. The lowest BCUT2D eigenvalue weighted by Gasteiger charge is -2.14. The van der Waals surface area contributed by atoms with Crippen molar-refractivity contribution in [2.24, 2.45) is 4.99 Å². The second-order valence-electron chi connectivity index (χ2n) is 5.91. The van der Waals surface area contributed by atoms with E-state index in [1.54, 1.807) is 28.4 Å². The Hall–Kier alpha value is -3.09. The summed E-state index contributed by atoms with van der Waals surface area (Å²) in [5, 5.41) is 6.56. The highest BCUT2D eigenvalue weighted by Gasteiger charge is 2.06. The minimum absolute atomic E-state index is 0.592. The first-order chi connectivity index (χ1) is 13.7. The lowest BCUT2D eigenvalue weighted by molar-refractivity contribution is 0.310. The average Bonchev–Trinajstić information content (AvgIpc) is 2.75. The van der Waals surface area contributed by atoms with Crippen LogP contribution in [0.15, 0.2) is 47.5 Å². The number of nitrogens with one attached hydrogen (secondary N) is 2. The zero-order valence-electron chi connectivity index (χ0n) is 17.0. The summed E-state index contributed by atoms with van der Waals surface area (Å²) in [4.78, 5) is 4.24. The number of benzene rings is 2.